The highest BCUT2D eigenvalue weighted by molar-refractivity contribution is 5.14. The quantitative estimate of drug-likeness (QED) is 0.838. The van der Waals surface area contributed by atoms with Crippen LogP contribution in [0.3, 0.4) is 0 Å². The van der Waals surface area contributed by atoms with Crippen molar-refractivity contribution < 1.29 is 5.21 Å². The van der Waals surface area contributed by atoms with Gasteiger partial charge in [0.1, 0.15) is 0 Å². The Hall–Kier alpha value is -0.900. The van der Waals surface area contributed by atoms with Gasteiger partial charge >= 0.3 is 0 Å². The standard InChI is InChI=1S/C13H20N2O/c16-15-9-4-8-14(11-12-15)10-7-13-5-2-1-3-6-13/h1-3,5-6,16H,4,7-12H2. The lowest BCUT2D eigenvalue weighted by Gasteiger charge is -2.19. The average Bonchev–Trinajstić information content (AvgIpc) is 2.53. The molecule has 1 fully saturated rings. The summed E-state index contributed by atoms with van der Waals surface area (Å²) in [6.07, 6.45) is 2.16. The first kappa shape index (κ1) is 11.6. The van der Waals surface area contributed by atoms with E-state index in [-0.39, 0.29) is 0 Å². The fraction of sp³-hybridized carbons (Fsp3) is 0.538. The van der Waals surface area contributed by atoms with Crippen molar-refractivity contribution in [2.45, 2.75) is 12.8 Å². The molecule has 1 heterocycles. The van der Waals surface area contributed by atoms with Crippen LogP contribution in [0.1, 0.15) is 12.0 Å². The molecule has 0 spiro atoms. The van der Waals surface area contributed by atoms with Gasteiger partial charge < -0.3 is 10.1 Å². The van der Waals surface area contributed by atoms with Gasteiger partial charge in [0.05, 0.1) is 0 Å². The molecule has 3 heteroatoms. The Labute approximate surface area is 97.2 Å². The molecule has 0 atom stereocenters. The molecule has 0 unspecified atom stereocenters. The number of rotatable bonds is 3. The molecule has 16 heavy (non-hydrogen) atoms. The SMILES string of the molecule is ON1CCCN(CCc2ccccc2)CC1. The zero-order valence-electron chi connectivity index (χ0n) is 9.68. The summed E-state index contributed by atoms with van der Waals surface area (Å²) in [6, 6.07) is 10.6. The molecule has 1 aliphatic rings. The Balaban J connectivity index is 1.77. The molecule has 0 bridgehead atoms. The van der Waals surface area contributed by atoms with Crippen LogP contribution in [0.4, 0.5) is 0 Å². The minimum atomic E-state index is 0.773. The van der Waals surface area contributed by atoms with Gasteiger partial charge in [-0.2, -0.15) is 5.06 Å². The molecule has 1 aromatic carbocycles. The van der Waals surface area contributed by atoms with Crippen LogP contribution >= 0.6 is 0 Å². The summed E-state index contributed by atoms with van der Waals surface area (Å²) >= 11 is 0. The van der Waals surface area contributed by atoms with E-state index >= 15 is 0 Å². The maximum absolute atomic E-state index is 9.40. The Kier molecular flexibility index (Phi) is 4.34. The molecule has 3 nitrogen and oxygen atoms in total. The van der Waals surface area contributed by atoms with Crippen LogP contribution in [0.2, 0.25) is 0 Å². The van der Waals surface area contributed by atoms with Crippen molar-refractivity contribution in [1.29, 1.82) is 0 Å². The number of nitrogens with zero attached hydrogens (tertiary/aromatic N) is 2. The van der Waals surface area contributed by atoms with Gasteiger partial charge in [-0.3, -0.25) is 0 Å². The van der Waals surface area contributed by atoms with Gasteiger partial charge in [-0.05, 0) is 24.9 Å². The predicted octanol–water partition coefficient (Wildman–Crippen LogP) is 1.63. The zero-order chi connectivity index (χ0) is 11.2. The first-order valence-corrected chi connectivity index (χ1v) is 6.05. The van der Waals surface area contributed by atoms with Crippen molar-refractivity contribution in [3.63, 3.8) is 0 Å². The largest absolute Gasteiger partial charge is 0.314 e. The molecule has 0 radical (unpaired) electrons. The Morgan fingerprint density at radius 2 is 1.81 bits per heavy atom. The van der Waals surface area contributed by atoms with Crippen molar-refractivity contribution in [3.8, 4) is 0 Å². The Morgan fingerprint density at radius 3 is 2.62 bits per heavy atom. The molecule has 0 saturated carbocycles. The van der Waals surface area contributed by atoms with Gasteiger partial charge in [0.15, 0.2) is 0 Å². The summed E-state index contributed by atoms with van der Waals surface area (Å²) in [5, 5.41) is 10.8. The summed E-state index contributed by atoms with van der Waals surface area (Å²) < 4.78 is 0. The summed E-state index contributed by atoms with van der Waals surface area (Å²) in [6.45, 7) is 4.75. The van der Waals surface area contributed by atoms with Gasteiger partial charge in [0.2, 0.25) is 0 Å². The highest BCUT2D eigenvalue weighted by Gasteiger charge is 2.12. The maximum Gasteiger partial charge on any atom is 0.0365 e. The molecule has 1 N–H and O–H groups in total. The molecule has 1 aromatic rings. The number of hydrogen-bond acceptors (Lipinski definition) is 3. The average molecular weight is 220 g/mol. The molecular formula is C13H20N2O. The lowest BCUT2D eigenvalue weighted by atomic mass is 10.1. The van der Waals surface area contributed by atoms with Gasteiger partial charge in [0, 0.05) is 26.2 Å². The van der Waals surface area contributed by atoms with Crippen LogP contribution in [0.25, 0.3) is 0 Å². The van der Waals surface area contributed by atoms with Crippen LogP contribution < -0.4 is 0 Å². The maximum atomic E-state index is 9.40. The molecule has 1 saturated heterocycles. The summed E-state index contributed by atoms with van der Waals surface area (Å²) in [7, 11) is 0. The molecule has 88 valence electrons. The van der Waals surface area contributed by atoms with E-state index in [0.29, 0.717) is 0 Å². The van der Waals surface area contributed by atoms with Crippen LogP contribution in [0.15, 0.2) is 30.3 Å². The van der Waals surface area contributed by atoms with Gasteiger partial charge in [0.25, 0.3) is 0 Å². The number of hydrogen-bond donors (Lipinski definition) is 1. The number of hydroxylamine groups is 2. The van der Waals surface area contributed by atoms with Crippen LogP contribution in [-0.2, 0) is 6.42 Å². The van der Waals surface area contributed by atoms with Gasteiger partial charge in [-0.25, -0.2) is 0 Å². The highest BCUT2D eigenvalue weighted by atomic mass is 16.5. The van der Waals surface area contributed by atoms with E-state index in [1.807, 2.05) is 0 Å². The smallest absolute Gasteiger partial charge is 0.0365 e. The van der Waals surface area contributed by atoms with E-state index in [9.17, 15) is 5.21 Å². The lowest BCUT2D eigenvalue weighted by Crippen LogP contribution is -2.30. The van der Waals surface area contributed by atoms with E-state index in [0.717, 1.165) is 45.6 Å². The monoisotopic (exact) mass is 220 g/mol. The van der Waals surface area contributed by atoms with Crippen molar-refractivity contribution in [3.05, 3.63) is 35.9 Å². The van der Waals surface area contributed by atoms with E-state index in [1.54, 1.807) is 0 Å². The number of benzene rings is 1. The zero-order valence-corrected chi connectivity index (χ0v) is 9.68. The molecular weight excluding hydrogens is 200 g/mol. The van der Waals surface area contributed by atoms with E-state index in [4.69, 9.17) is 0 Å². The van der Waals surface area contributed by atoms with Crippen molar-refractivity contribution in [2.24, 2.45) is 0 Å². The minimum Gasteiger partial charge on any atom is -0.314 e. The van der Waals surface area contributed by atoms with Crippen molar-refractivity contribution in [1.82, 2.24) is 9.96 Å². The first-order valence-electron chi connectivity index (χ1n) is 6.05. The van der Waals surface area contributed by atoms with Gasteiger partial charge in [-0.1, -0.05) is 30.3 Å². The highest BCUT2D eigenvalue weighted by Crippen LogP contribution is 2.04. The topological polar surface area (TPSA) is 26.7 Å². The van der Waals surface area contributed by atoms with E-state index in [2.05, 4.69) is 35.2 Å². The Bertz CT molecular complexity index is 302. The minimum absolute atomic E-state index is 0.773. The van der Waals surface area contributed by atoms with Crippen molar-refractivity contribution >= 4 is 0 Å². The fourth-order valence-electron chi connectivity index (χ4n) is 2.11. The van der Waals surface area contributed by atoms with E-state index < -0.39 is 0 Å². The fourth-order valence-corrected chi connectivity index (χ4v) is 2.11. The van der Waals surface area contributed by atoms with Crippen molar-refractivity contribution in [2.75, 3.05) is 32.7 Å². The summed E-state index contributed by atoms with van der Waals surface area (Å²) in [4.78, 5) is 2.43. The first-order chi connectivity index (χ1) is 7.84. The molecule has 1 aliphatic heterocycles. The van der Waals surface area contributed by atoms with Gasteiger partial charge in [-0.15, -0.1) is 0 Å². The molecule has 2 rings (SSSR count). The third-order valence-corrected chi connectivity index (χ3v) is 3.12. The summed E-state index contributed by atoms with van der Waals surface area (Å²) in [5.74, 6) is 0. The van der Waals surface area contributed by atoms with Crippen LogP contribution in [0.5, 0.6) is 0 Å². The third-order valence-electron chi connectivity index (χ3n) is 3.12. The van der Waals surface area contributed by atoms with Crippen LogP contribution in [0, 0.1) is 0 Å². The van der Waals surface area contributed by atoms with Crippen LogP contribution in [-0.4, -0.2) is 47.9 Å². The molecule has 0 aliphatic carbocycles. The lowest BCUT2D eigenvalue weighted by molar-refractivity contribution is -0.0863. The molecule has 0 aromatic heterocycles. The predicted molar refractivity (Wildman–Crippen MR) is 64.6 cm³/mol. The Morgan fingerprint density at radius 1 is 1.00 bits per heavy atom. The third kappa shape index (κ3) is 3.59. The second-order valence-corrected chi connectivity index (χ2v) is 4.38. The second-order valence-electron chi connectivity index (χ2n) is 4.38. The van der Waals surface area contributed by atoms with E-state index in [1.165, 1.54) is 10.6 Å². The molecule has 0 amide bonds. The summed E-state index contributed by atoms with van der Waals surface area (Å²) in [5.41, 5.74) is 1.40. The second kappa shape index (κ2) is 5.99. The normalized spacial score (nSPS) is 19.6.